The van der Waals surface area contributed by atoms with Gasteiger partial charge in [0.05, 0.1) is 5.56 Å². The van der Waals surface area contributed by atoms with Crippen LogP contribution in [0.2, 0.25) is 0 Å². The number of carbonyl (C=O) groups excluding carboxylic acids is 1. The first-order valence-electron chi connectivity index (χ1n) is 5.97. The summed E-state index contributed by atoms with van der Waals surface area (Å²) in [5, 5.41) is 55.9. The normalized spacial score (nSPS) is 10.3. The number of rotatable bonds is 3. The van der Waals surface area contributed by atoms with Crippen LogP contribution in [0.4, 0.5) is 0 Å². The lowest BCUT2D eigenvalue weighted by Crippen LogP contribution is -2.11. The fourth-order valence-corrected chi connectivity index (χ4v) is 1.71. The SMILES string of the molecule is O=C(Oc1c(C(=O)O)ccc(O)c1O)c1cc(O)c(O)c(O)c1. The van der Waals surface area contributed by atoms with Crippen molar-refractivity contribution < 1.29 is 45.0 Å². The van der Waals surface area contributed by atoms with E-state index in [4.69, 9.17) is 9.84 Å². The monoisotopic (exact) mass is 322 g/mol. The highest BCUT2D eigenvalue weighted by Crippen LogP contribution is 2.40. The molecule has 0 fully saturated rings. The topological polar surface area (TPSA) is 165 Å². The van der Waals surface area contributed by atoms with Gasteiger partial charge in [-0.25, -0.2) is 9.59 Å². The van der Waals surface area contributed by atoms with Crippen LogP contribution in [0.25, 0.3) is 0 Å². The van der Waals surface area contributed by atoms with Crippen LogP contribution in [0.1, 0.15) is 20.7 Å². The Hall–Kier alpha value is -3.62. The van der Waals surface area contributed by atoms with Gasteiger partial charge in [0.2, 0.25) is 5.75 Å². The third-order valence-electron chi connectivity index (χ3n) is 2.84. The van der Waals surface area contributed by atoms with Gasteiger partial charge in [0.15, 0.2) is 28.7 Å². The summed E-state index contributed by atoms with van der Waals surface area (Å²) < 4.78 is 4.72. The van der Waals surface area contributed by atoms with Crippen molar-refractivity contribution >= 4 is 11.9 Å². The van der Waals surface area contributed by atoms with Gasteiger partial charge < -0.3 is 35.4 Å². The van der Waals surface area contributed by atoms with Gasteiger partial charge >= 0.3 is 11.9 Å². The van der Waals surface area contributed by atoms with E-state index in [1.165, 1.54) is 0 Å². The molecule has 6 N–H and O–H groups in total. The number of ether oxygens (including phenoxy) is 1. The lowest BCUT2D eigenvalue weighted by Gasteiger charge is -2.11. The molecule has 0 atom stereocenters. The second-order valence-corrected chi connectivity index (χ2v) is 4.37. The summed E-state index contributed by atoms with van der Waals surface area (Å²) in [5.74, 6) is -7.74. The van der Waals surface area contributed by atoms with Crippen LogP contribution >= 0.6 is 0 Å². The fourth-order valence-electron chi connectivity index (χ4n) is 1.71. The van der Waals surface area contributed by atoms with Gasteiger partial charge in [-0.2, -0.15) is 0 Å². The molecule has 0 saturated heterocycles. The van der Waals surface area contributed by atoms with Gasteiger partial charge in [-0.15, -0.1) is 0 Å². The first kappa shape index (κ1) is 15.8. The molecule has 0 aliphatic rings. The van der Waals surface area contributed by atoms with Crippen LogP contribution in [0.5, 0.6) is 34.5 Å². The third-order valence-corrected chi connectivity index (χ3v) is 2.84. The van der Waals surface area contributed by atoms with Gasteiger partial charge in [0.25, 0.3) is 0 Å². The van der Waals surface area contributed by atoms with Crippen molar-refractivity contribution in [3.05, 3.63) is 35.4 Å². The predicted molar refractivity (Wildman–Crippen MR) is 73.1 cm³/mol. The second kappa shape index (κ2) is 5.64. The minimum atomic E-state index is -1.53. The molecule has 0 unspecified atom stereocenters. The van der Waals surface area contributed by atoms with Gasteiger partial charge in [0, 0.05) is 0 Å². The molecule has 0 spiro atoms. The molecule has 0 bridgehead atoms. The van der Waals surface area contributed by atoms with Gasteiger partial charge in [-0.05, 0) is 24.3 Å². The number of hydrogen-bond donors (Lipinski definition) is 6. The van der Waals surface area contributed by atoms with Crippen LogP contribution in [0.15, 0.2) is 24.3 Å². The molecule has 2 aromatic rings. The van der Waals surface area contributed by atoms with E-state index in [1.807, 2.05) is 0 Å². The Morgan fingerprint density at radius 1 is 0.826 bits per heavy atom. The van der Waals surface area contributed by atoms with Crippen molar-refractivity contribution in [1.29, 1.82) is 0 Å². The molecular weight excluding hydrogens is 312 g/mol. The van der Waals surface area contributed by atoms with Gasteiger partial charge in [-0.1, -0.05) is 0 Å². The standard InChI is InChI=1S/C14H10O9/c15-7-2-1-6(13(20)21)12(11(7)19)23-14(22)5-3-8(16)10(18)9(17)4-5/h1-4,15-19H,(H,20,21). The quantitative estimate of drug-likeness (QED) is 0.276. The zero-order chi connectivity index (χ0) is 17.3. The molecule has 0 aromatic heterocycles. The smallest absolute Gasteiger partial charge is 0.343 e. The Morgan fingerprint density at radius 3 is 1.91 bits per heavy atom. The highest BCUT2D eigenvalue weighted by Gasteiger charge is 2.23. The van der Waals surface area contributed by atoms with Crippen LogP contribution < -0.4 is 4.74 Å². The van der Waals surface area contributed by atoms with Crippen LogP contribution in [-0.2, 0) is 0 Å². The lowest BCUT2D eigenvalue weighted by molar-refractivity contribution is 0.0677. The molecule has 9 heteroatoms. The summed E-state index contributed by atoms with van der Waals surface area (Å²) in [6, 6.07) is 3.33. The molecule has 0 amide bonds. The predicted octanol–water partition coefficient (Wildman–Crippen LogP) is 1.13. The number of phenols is 5. The molecule has 0 aliphatic carbocycles. The highest BCUT2D eigenvalue weighted by molar-refractivity contribution is 5.97. The number of benzene rings is 2. The molecule has 2 rings (SSSR count). The molecule has 0 saturated carbocycles. The number of esters is 1. The summed E-state index contributed by atoms with van der Waals surface area (Å²) in [4.78, 5) is 23.0. The van der Waals surface area contributed by atoms with Crippen LogP contribution in [0, 0.1) is 0 Å². The van der Waals surface area contributed by atoms with Crippen molar-refractivity contribution in [2.45, 2.75) is 0 Å². The first-order chi connectivity index (χ1) is 10.7. The van der Waals surface area contributed by atoms with Crippen LogP contribution in [-0.4, -0.2) is 42.6 Å². The van der Waals surface area contributed by atoms with E-state index in [0.29, 0.717) is 0 Å². The molecular formula is C14H10O9. The molecule has 0 heterocycles. The average Bonchev–Trinajstić information content (AvgIpc) is 2.48. The summed E-state index contributed by atoms with van der Waals surface area (Å²) in [6.45, 7) is 0. The summed E-state index contributed by atoms with van der Waals surface area (Å²) >= 11 is 0. The van der Waals surface area contributed by atoms with E-state index in [-0.39, 0.29) is 0 Å². The number of hydrogen-bond acceptors (Lipinski definition) is 8. The van der Waals surface area contributed by atoms with Gasteiger partial charge in [0.1, 0.15) is 5.56 Å². The maximum Gasteiger partial charge on any atom is 0.343 e. The van der Waals surface area contributed by atoms with E-state index in [1.54, 1.807) is 0 Å². The Labute approximate surface area is 127 Å². The Balaban J connectivity index is 2.45. The molecule has 120 valence electrons. The number of aromatic hydroxyl groups is 5. The molecule has 2 aromatic carbocycles. The minimum Gasteiger partial charge on any atom is -0.504 e. The lowest BCUT2D eigenvalue weighted by atomic mass is 10.1. The molecule has 0 radical (unpaired) electrons. The molecule has 0 aliphatic heterocycles. The largest absolute Gasteiger partial charge is 0.504 e. The zero-order valence-corrected chi connectivity index (χ0v) is 11.2. The Morgan fingerprint density at radius 2 is 1.39 bits per heavy atom. The average molecular weight is 322 g/mol. The summed E-state index contributed by atoms with van der Waals surface area (Å²) in [7, 11) is 0. The number of aromatic carboxylic acids is 1. The van der Waals surface area contributed by atoms with Crippen molar-refractivity contribution in [1.82, 2.24) is 0 Å². The van der Waals surface area contributed by atoms with Crippen molar-refractivity contribution in [3.63, 3.8) is 0 Å². The third kappa shape index (κ3) is 2.88. The second-order valence-electron chi connectivity index (χ2n) is 4.37. The highest BCUT2D eigenvalue weighted by atomic mass is 16.5. The number of carboxylic acids is 1. The molecule has 9 nitrogen and oxygen atoms in total. The maximum absolute atomic E-state index is 12.0. The number of phenolic OH excluding ortho intramolecular Hbond substituents is 5. The zero-order valence-electron chi connectivity index (χ0n) is 11.2. The van der Waals surface area contributed by atoms with E-state index in [9.17, 15) is 35.1 Å². The number of carboxylic acid groups (broad SMARTS) is 1. The van der Waals surface area contributed by atoms with Crippen molar-refractivity contribution in [2.24, 2.45) is 0 Å². The van der Waals surface area contributed by atoms with E-state index in [0.717, 1.165) is 24.3 Å². The molecule has 23 heavy (non-hydrogen) atoms. The summed E-state index contributed by atoms with van der Waals surface area (Å²) in [5.41, 5.74) is -1.03. The van der Waals surface area contributed by atoms with E-state index < -0.39 is 57.6 Å². The maximum atomic E-state index is 12.0. The number of carbonyl (C=O) groups is 2. The Bertz CT molecular complexity index is 787. The van der Waals surface area contributed by atoms with Crippen LogP contribution in [0.3, 0.4) is 0 Å². The minimum absolute atomic E-state index is 0.433. The Kier molecular flexibility index (Phi) is 3.86. The van der Waals surface area contributed by atoms with Crippen molar-refractivity contribution in [3.8, 4) is 34.5 Å². The van der Waals surface area contributed by atoms with E-state index in [2.05, 4.69) is 0 Å². The first-order valence-corrected chi connectivity index (χ1v) is 5.97. The fraction of sp³-hybridized carbons (Fsp3) is 0. The van der Waals surface area contributed by atoms with Crippen molar-refractivity contribution in [2.75, 3.05) is 0 Å². The van der Waals surface area contributed by atoms with Gasteiger partial charge in [-0.3, -0.25) is 0 Å². The van der Waals surface area contributed by atoms with E-state index >= 15 is 0 Å². The summed E-state index contributed by atoms with van der Waals surface area (Å²) in [6.07, 6.45) is 0.